The Morgan fingerprint density at radius 3 is 2.73 bits per heavy atom. The number of piperidine rings is 1. The highest BCUT2D eigenvalue weighted by Crippen LogP contribution is 2.33. The van der Waals surface area contributed by atoms with Crippen molar-refractivity contribution < 1.29 is 18.0 Å². The van der Waals surface area contributed by atoms with E-state index in [9.17, 15) is 18.0 Å². The van der Waals surface area contributed by atoms with Crippen LogP contribution in [0.5, 0.6) is 0 Å². The van der Waals surface area contributed by atoms with E-state index in [1.165, 1.54) is 6.07 Å². The molecular formula is C17H22F3NO. The first-order valence-corrected chi connectivity index (χ1v) is 7.84. The summed E-state index contributed by atoms with van der Waals surface area (Å²) >= 11 is 0. The number of nitrogens with zero attached hydrogens (tertiary/aromatic N) is 1. The maximum Gasteiger partial charge on any atom is 0.416 e. The van der Waals surface area contributed by atoms with Crippen LogP contribution in [0.15, 0.2) is 24.3 Å². The van der Waals surface area contributed by atoms with Crippen molar-refractivity contribution in [1.29, 1.82) is 0 Å². The van der Waals surface area contributed by atoms with Crippen molar-refractivity contribution in [2.45, 2.75) is 45.2 Å². The number of alkyl halides is 3. The molecule has 2 nitrogen and oxygen atoms in total. The molecule has 0 aromatic heterocycles. The number of likely N-dealkylation sites (tertiary alicyclic amines) is 1. The summed E-state index contributed by atoms with van der Waals surface area (Å²) in [6.45, 7) is 3.30. The summed E-state index contributed by atoms with van der Waals surface area (Å²) in [6.07, 6.45) is -0.773. The number of halogens is 3. The Balaban J connectivity index is 1.97. The summed E-state index contributed by atoms with van der Waals surface area (Å²) in [4.78, 5) is 13.6. The van der Waals surface area contributed by atoms with E-state index in [4.69, 9.17) is 0 Å². The third-order valence-electron chi connectivity index (χ3n) is 4.32. The van der Waals surface area contributed by atoms with Crippen LogP contribution >= 0.6 is 0 Å². The van der Waals surface area contributed by atoms with Gasteiger partial charge in [0, 0.05) is 19.5 Å². The molecule has 1 aromatic carbocycles. The predicted octanol–water partition coefficient (Wildman–Crippen LogP) is 4.29. The molecule has 0 bridgehead atoms. The number of rotatable bonds is 4. The van der Waals surface area contributed by atoms with Gasteiger partial charge >= 0.3 is 6.18 Å². The van der Waals surface area contributed by atoms with Crippen molar-refractivity contribution in [2.75, 3.05) is 13.1 Å². The van der Waals surface area contributed by atoms with Crippen molar-refractivity contribution in [2.24, 2.45) is 5.92 Å². The monoisotopic (exact) mass is 313 g/mol. The van der Waals surface area contributed by atoms with Gasteiger partial charge in [0.1, 0.15) is 0 Å². The van der Waals surface area contributed by atoms with Gasteiger partial charge in [-0.3, -0.25) is 4.79 Å². The number of benzene rings is 1. The summed E-state index contributed by atoms with van der Waals surface area (Å²) < 4.78 is 38.9. The van der Waals surface area contributed by atoms with Crippen LogP contribution in [0.1, 0.15) is 43.7 Å². The summed E-state index contributed by atoms with van der Waals surface area (Å²) in [7, 11) is 0. The van der Waals surface area contributed by atoms with Gasteiger partial charge in [0.15, 0.2) is 0 Å². The van der Waals surface area contributed by atoms with Gasteiger partial charge in [-0.05, 0) is 43.2 Å². The first-order valence-electron chi connectivity index (χ1n) is 7.84. The summed E-state index contributed by atoms with van der Waals surface area (Å²) in [5, 5.41) is 0. The maximum atomic E-state index is 13.0. The first kappa shape index (κ1) is 16.8. The molecule has 0 N–H and O–H groups in total. The number of amides is 1. The van der Waals surface area contributed by atoms with Gasteiger partial charge < -0.3 is 4.90 Å². The largest absolute Gasteiger partial charge is 0.416 e. The highest BCUT2D eigenvalue weighted by molar-refractivity contribution is 5.75. The average Bonchev–Trinajstić information content (AvgIpc) is 2.52. The molecule has 0 unspecified atom stereocenters. The van der Waals surface area contributed by atoms with Crippen LogP contribution in [0.2, 0.25) is 0 Å². The van der Waals surface area contributed by atoms with Gasteiger partial charge in [-0.1, -0.05) is 25.1 Å². The highest BCUT2D eigenvalue weighted by Gasteiger charge is 2.33. The standard InChI is InChI=1S/C17H22F3NO/c1-2-16(22)21-11-5-6-13(12-21)9-10-14-7-3-4-8-15(14)17(18,19)20/h3-4,7-8,13H,2,5-6,9-12H2,1H3/t13-/m0/s1. The fraction of sp³-hybridized carbons (Fsp3) is 0.588. The SMILES string of the molecule is CCC(=O)N1CCC[C@@H](CCc2ccccc2C(F)(F)F)C1. The fourth-order valence-electron chi connectivity index (χ4n) is 3.13. The van der Waals surface area contributed by atoms with Crippen LogP contribution in [-0.4, -0.2) is 23.9 Å². The Labute approximate surface area is 129 Å². The minimum absolute atomic E-state index is 0.139. The van der Waals surface area contributed by atoms with E-state index in [2.05, 4.69) is 0 Å². The molecule has 1 atom stereocenters. The molecule has 1 saturated heterocycles. The Hall–Kier alpha value is -1.52. The van der Waals surface area contributed by atoms with Crippen molar-refractivity contribution >= 4 is 5.91 Å². The number of hydrogen-bond acceptors (Lipinski definition) is 1. The van der Waals surface area contributed by atoms with E-state index in [0.717, 1.165) is 25.5 Å². The van der Waals surface area contributed by atoms with Crippen LogP contribution < -0.4 is 0 Å². The predicted molar refractivity (Wildman–Crippen MR) is 79.4 cm³/mol. The molecule has 5 heteroatoms. The minimum Gasteiger partial charge on any atom is -0.342 e. The third kappa shape index (κ3) is 4.24. The molecule has 122 valence electrons. The van der Waals surface area contributed by atoms with E-state index >= 15 is 0 Å². The molecule has 2 rings (SSSR count). The van der Waals surface area contributed by atoms with Gasteiger partial charge in [0.05, 0.1) is 5.56 Å². The molecule has 0 saturated carbocycles. The van der Waals surface area contributed by atoms with E-state index < -0.39 is 11.7 Å². The molecular weight excluding hydrogens is 291 g/mol. The van der Waals surface area contributed by atoms with Crippen molar-refractivity contribution in [3.63, 3.8) is 0 Å². The Kier molecular flexibility index (Phi) is 5.48. The third-order valence-corrected chi connectivity index (χ3v) is 4.32. The molecule has 1 aliphatic rings. The maximum absolute atomic E-state index is 13.0. The minimum atomic E-state index is -4.30. The highest BCUT2D eigenvalue weighted by atomic mass is 19.4. The van der Waals surface area contributed by atoms with E-state index in [-0.39, 0.29) is 5.91 Å². The smallest absolute Gasteiger partial charge is 0.342 e. The number of aryl methyl sites for hydroxylation is 1. The first-order chi connectivity index (χ1) is 10.4. The van der Waals surface area contributed by atoms with E-state index in [0.29, 0.717) is 37.3 Å². The summed E-state index contributed by atoms with van der Waals surface area (Å²) in [5.41, 5.74) is -0.179. The van der Waals surface area contributed by atoms with Crippen LogP contribution in [0.25, 0.3) is 0 Å². The van der Waals surface area contributed by atoms with Crippen LogP contribution in [-0.2, 0) is 17.4 Å². The Bertz CT molecular complexity index is 513. The molecule has 0 aliphatic carbocycles. The molecule has 1 fully saturated rings. The van der Waals surface area contributed by atoms with E-state index in [1.807, 2.05) is 11.8 Å². The zero-order chi connectivity index (χ0) is 16.2. The molecule has 1 aromatic rings. The second kappa shape index (κ2) is 7.16. The molecule has 0 radical (unpaired) electrons. The van der Waals surface area contributed by atoms with E-state index in [1.54, 1.807) is 12.1 Å². The molecule has 1 amide bonds. The van der Waals surface area contributed by atoms with Gasteiger partial charge in [0.2, 0.25) is 5.91 Å². The van der Waals surface area contributed by atoms with Crippen molar-refractivity contribution in [3.05, 3.63) is 35.4 Å². The summed E-state index contributed by atoms with van der Waals surface area (Å²) in [5.74, 6) is 0.436. The number of hydrogen-bond donors (Lipinski definition) is 0. The zero-order valence-electron chi connectivity index (χ0n) is 12.8. The normalized spacial score (nSPS) is 19.3. The van der Waals surface area contributed by atoms with Crippen molar-refractivity contribution in [1.82, 2.24) is 4.90 Å². The average molecular weight is 313 g/mol. The summed E-state index contributed by atoms with van der Waals surface area (Å²) in [6, 6.07) is 5.77. The lowest BCUT2D eigenvalue weighted by Gasteiger charge is -2.33. The molecule has 1 aliphatic heterocycles. The van der Waals surface area contributed by atoms with Gasteiger partial charge in [-0.25, -0.2) is 0 Å². The Morgan fingerprint density at radius 1 is 1.32 bits per heavy atom. The zero-order valence-corrected chi connectivity index (χ0v) is 12.8. The number of carbonyl (C=O) groups excluding carboxylic acids is 1. The van der Waals surface area contributed by atoms with Gasteiger partial charge in [-0.2, -0.15) is 13.2 Å². The lowest BCUT2D eigenvalue weighted by atomic mass is 9.90. The number of carbonyl (C=O) groups is 1. The fourth-order valence-corrected chi connectivity index (χ4v) is 3.13. The molecule has 22 heavy (non-hydrogen) atoms. The van der Waals surface area contributed by atoms with Gasteiger partial charge in [0.25, 0.3) is 0 Å². The van der Waals surface area contributed by atoms with Crippen LogP contribution in [0, 0.1) is 5.92 Å². The second-order valence-electron chi connectivity index (χ2n) is 5.90. The lowest BCUT2D eigenvalue weighted by molar-refractivity contribution is -0.138. The Morgan fingerprint density at radius 2 is 2.05 bits per heavy atom. The molecule has 0 spiro atoms. The van der Waals surface area contributed by atoms with Crippen LogP contribution in [0.4, 0.5) is 13.2 Å². The van der Waals surface area contributed by atoms with Gasteiger partial charge in [-0.15, -0.1) is 0 Å². The second-order valence-corrected chi connectivity index (χ2v) is 5.90. The topological polar surface area (TPSA) is 20.3 Å². The van der Waals surface area contributed by atoms with Crippen LogP contribution in [0.3, 0.4) is 0 Å². The molecule has 1 heterocycles. The quantitative estimate of drug-likeness (QED) is 0.812. The van der Waals surface area contributed by atoms with Crippen molar-refractivity contribution in [3.8, 4) is 0 Å². The lowest BCUT2D eigenvalue weighted by Crippen LogP contribution is -2.39.